The van der Waals surface area contributed by atoms with E-state index in [0.29, 0.717) is 0 Å². The van der Waals surface area contributed by atoms with Gasteiger partial charge in [0.25, 0.3) is 0 Å². The molecule has 2 aromatic rings. The zero-order valence-corrected chi connectivity index (χ0v) is 10.6. The Bertz CT molecular complexity index is 517. The van der Waals surface area contributed by atoms with Crippen LogP contribution < -0.4 is 9.64 Å². The van der Waals surface area contributed by atoms with Crippen LogP contribution in [0, 0.1) is 6.92 Å². The number of hydrogen-bond acceptors (Lipinski definition) is 3. The summed E-state index contributed by atoms with van der Waals surface area (Å²) in [5, 5.41) is 4.54. The lowest BCUT2D eigenvalue weighted by Gasteiger charge is -2.08. The maximum Gasteiger partial charge on any atom is 0.150 e. The van der Waals surface area contributed by atoms with Gasteiger partial charge in [0.15, 0.2) is 5.82 Å². The zero-order chi connectivity index (χ0) is 12.4. The van der Waals surface area contributed by atoms with Gasteiger partial charge in [0.1, 0.15) is 5.75 Å². The van der Waals surface area contributed by atoms with E-state index in [1.807, 2.05) is 54.9 Å². The summed E-state index contributed by atoms with van der Waals surface area (Å²) < 4.78 is 7.13. The molecule has 0 amide bonds. The Morgan fingerprint density at radius 1 is 1.24 bits per heavy atom. The van der Waals surface area contributed by atoms with Crippen molar-refractivity contribution in [1.29, 1.82) is 0 Å². The summed E-state index contributed by atoms with van der Waals surface area (Å²) in [4.78, 5) is 1.99. The van der Waals surface area contributed by atoms with Crippen LogP contribution in [0.5, 0.6) is 5.75 Å². The lowest BCUT2D eigenvalue weighted by molar-refractivity contribution is 0.414. The largest absolute Gasteiger partial charge is 0.497 e. The third-order valence-corrected chi connectivity index (χ3v) is 2.63. The zero-order valence-electron chi connectivity index (χ0n) is 10.6. The Labute approximate surface area is 101 Å². The number of ether oxygens (including phenoxy) is 1. The maximum atomic E-state index is 5.22. The molecule has 0 N–H and O–H groups in total. The third-order valence-electron chi connectivity index (χ3n) is 2.63. The van der Waals surface area contributed by atoms with Crippen molar-refractivity contribution in [3.05, 3.63) is 36.0 Å². The highest BCUT2D eigenvalue weighted by molar-refractivity contribution is 5.44. The highest BCUT2D eigenvalue weighted by Crippen LogP contribution is 2.20. The van der Waals surface area contributed by atoms with Gasteiger partial charge in [-0.2, -0.15) is 5.10 Å². The average molecular weight is 231 g/mol. The van der Waals surface area contributed by atoms with E-state index >= 15 is 0 Å². The molecule has 0 atom stereocenters. The molecule has 1 aromatic heterocycles. The molecule has 0 aliphatic rings. The standard InChI is InChI=1S/C13H17N3O/c1-10-8-13(15(2)3)14-16(10)11-6-5-7-12(9-11)17-4/h5-9H,1-4H3. The Morgan fingerprint density at radius 2 is 2.00 bits per heavy atom. The first-order chi connectivity index (χ1) is 8.11. The SMILES string of the molecule is COc1cccc(-n2nc(N(C)C)cc2C)c1. The Kier molecular flexibility index (Phi) is 3.04. The monoisotopic (exact) mass is 231 g/mol. The maximum absolute atomic E-state index is 5.22. The molecule has 0 spiro atoms. The molecule has 1 aromatic carbocycles. The van der Waals surface area contributed by atoms with E-state index in [9.17, 15) is 0 Å². The van der Waals surface area contributed by atoms with Crippen LogP contribution in [0.25, 0.3) is 5.69 Å². The van der Waals surface area contributed by atoms with Crippen LogP contribution in [0.3, 0.4) is 0 Å². The molecule has 0 saturated carbocycles. The summed E-state index contributed by atoms with van der Waals surface area (Å²) in [5.74, 6) is 1.79. The number of benzene rings is 1. The second kappa shape index (κ2) is 4.49. The van der Waals surface area contributed by atoms with Crippen molar-refractivity contribution in [3.63, 3.8) is 0 Å². The molecule has 0 fully saturated rings. The van der Waals surface area contributed by atoms with Gasteiger partial charge >= 0.3 is 0 Å². The van der Waals surface area contributed by atoms with E-state index in [2.05, 4.69) is 11.2 Å². The predicted molar refractivity (Wildman–Crippen MR) is 69.2 cm³/mol. The minimum atomic E-state index is 0.837. The van der Waals surface area contributed by atoms with E-state index in [1.165, 1.54) is 0 Å². The van der Waals surface area contributed by atoms with Gasteiger partial charge in [0.2, 0.25) is 0 Å². The fraction of sp³-hybridized carbons (Fsp3) is 0.308. The minimum Gasteiger partial charge on any atom is -0.497 e. The minimum absolute atomic E-state index is 0.837. The van der Waals surface area contributed by atoms with Crippen LogP contribution in [0.15, 0.2) is 30.3 Å². The quantitative estimate of drug-likeness (QED) is 0.811. The highest BCUT2D eigenvalue weighted by atomic mass is 16.5. The number of anilines is 1. The molecule has 0 saturated heterocycles. The number of nitrogens with zero attached hydrogens (tertiary/aromatic N) is 3. The Morgan fingerprint density at radius 3 is 2.59 bits per heavy atom. The van der Waals surface area contributed by atoms with Crippen molar-refractivity contribution in [1.82, 2.24) is 9.78 Å². The summed E-state index contributed by atoms with van der Waals surface area (Å²) in [6.07, 6.45) is 0. The van der Waals surface area contributed by atoms with Gasteiger partial charge in [0, 0.05) is 31.9 Å². The predicted octanol–water partition coefficient (Wildman–Crippen LogP) is 2.26. The fourth-order valence-corrected chi connectivity index (χ4v) is 1.68. The van der Waals surface area contributed by atoms with Crippen LogP contribution >= 0.6 is 0 Å². The van der Waals surface area contributed by atoms with E-state index in [1.54, 1.807) is 7.11 Å². The average Bonchev–Trinajstić information content (AvgIpc) is 2.72. The van der Waals surface area contributed by atoms with Crippen molar-refractivity contribution in [3.8, 4) is 11.4 Å². The van der Waals surface area contributed by atoms with Gasteiger partial charge in [-0.15, -0.1) is 0 Å². The number of aryl methyl sites for hydroxylation is 1. The lowest BCUT2D eigenvalue weighted by atomic mass is 10.3. The normalized spacial score (nSPS) is 10.4. The molecule has 0 radical (unpaired) electrons. The molecule has 0 unspecified atom stereocenters. The second-order valence-electron chi connectivity index (χ2n) is 4.15. The van der Waals surface area contributed by atoms with Crippen LogP contribution in [0.1, 0.15) is 5.69 Å². The molecule has 1 heterocycles. The second-order valence-corrected chi connectivity index (χ2v) is 4.15. The first kappa shape index (κ1) is 11.5. The number of methoxy groups -OCH3 is 1. The van der Waals surface area contributed by atoms with Gasteiger partial charge in [-0.3, -0.25) is 0 Å². The summed E-state index contributed by atoms with van der Waals surface area (Å²) in [6.45, 7) is 2.04. The van der Waals surface area contributed by atoms with Crippen LogP contribution in [0.4, 0.5) is 5.82 Å². The first-order valence-electron chi connectivity index (χ1n) is 5.50. The van der Waals surface area contributed by atoms with Crippen molar-refractivity contribution in [2.45, 2.75) is 6.92 Å². The van der Waals surface area contributed by atoms with Gasteiger partial charge in [-0.25, -0.2) is 4.68 Å². The summed E-state index contributed by atoms with van der Waals surface area (Å²) >= 11 is 0. The highest BCUT2D eigenvalue weighted by Gasteiger charge is 2.07. The van der Waals surface area contributed by atoms with E-state index in [0.717, 1.165) is 22.9 Å². The molecule has 4 nitrogen and oxygen atoms in total. The molecule has 0 aliphatic carbocycles. The van der Waals surface area contributed by atoms with E-state index in [-0.39, 0.29) is 0 Å². The smallest absolute Gasteiger partial charge is 0.150 e. The molecule has 17 heavy (non-hydrogen) atoms. The third kappa shape index (κ3) is 2.25. The lowest BCUT2D eigenvalue weighted by Crippen LogP contribution is -2.09. The number of aromatic nitrogens is 2. The molecule has 4 heteroatoms. The van der Waals surface area contributed by atoms with Crippen LogP contribution in [-0.2, 0) is 0 Å². The van der Waals surface area contributed by atoms with Crippen molar-refractivity contribution < 1.29 is 4.74 Å². The molecular weight excluding hydrogens is 214 g/mol. The molecule has 2 rings (SSSR count). The summed E-state index contributed by atoms with van der Waals surface area (Å²) in [7, 11) is 5.63. The summed E-state index contributed by atoms with van der Waals surface area (Å²) in [5.41, 5.74) is 2.11. The van der Waals surface area contributed by atoms with Gasteiger partial charge in [-0.1, -0.05) is 6.07 Å². The summed E-state index contributed by atoms with van der Waals surface area (Å²) in [6, 6.07) is 9.93. The van der Waals surface area contributed by atoms with E-state index < -0.39 is 0 Å². The van der Waals surface area contributed by atoms with Crippen molar-refractivity contribution in [2.75, 3.05) is 26.1 Å². The number of hydrogen-bond donors (Lipinski definition) is 0. The fourth-order valence-electron chi connectivity index (χ4n) is 1.68. The van der Waals surface area contributed by atoms with Gasteiger partial charge in [0.05, 0.1) is 12.8 Å². The van der Waals surface area contributed by atoms with Gasteiger partial charge in [-0.05, 0) is 19.1 Å². The molecule has 90 valence electrons. The molecule has 0 bridgehead atoms. The van der Waals surface area contributed by atoms with Crippen molar-refractivity contribution >= 4 is 5.82 Å². The number of rotatable bonds is 3. The molecular formula is C13H17N3O. The molecule has 0 aliphatic heterocycles. The van der Waals surface area contributed by atoms with Crippen molar-refractivity contribution in [2.24, 2.45) is 0 Å². The topological polar surface area (TPSA) is 30.3 Å². The Balaban J connectivity index is 2.45. The van der Waals surface area contributed by atoms with E-state index in [4.69, 9.17) is 4.74 Å². The van der Waals surface area contributed by atoms with Gasteiger partial charge < -0.3 is 9.64 Å². The van der Waals surface area contributed by atoms with Crippen LogP contribution in [0.2, 0.25) is 0 Å². The first-order valence-corrected chi connectivity index (χ1v) is 5.50. The Hall–Kier alpha value is -1.97. The van der Waals surface area contributed by atoms with Crippen LogP contribution in [-0.4, -0.2) is 31.0 Å².